The van der Waals surface area contributed by atoms with Crippen molar-refractivity contribution in [1.29, 1.82) is 0 Å². The van der Waals surface area contributed by atoms with Gasteiger partial charge >= 0.3 is 5.97 Å². The van der Waals surface area contributed by atoms with E-state index in [1.54, 1.807) is 29.0 Å². The molecule has 0 unspecified atom stereocenters. The molecule has 5 nitrogen and oxygen atoms in total. The number of hydrogen-bond donors (Lipinski definition) is 0. The second kappa shape index (κ2) is 5.20. The first-order valence-electron chi connectivity index (χ1n) is 5.87. The molecule has 1 aromatic carbocycles. The lowest BCUT2D eigenvalue weighted by molar-refractivity contribution is 0.0601. The van der Waals surface area contributed by atoms with Gasteiger partial charge in [0.05, 0.1) is 25.1 Å². The predicted octanol–water partition coefficient (Wildman–Crippen LogP) is 2.79. The lowest BCUT2D eigenvalue weighted by Gasteiger charge is -2.04. The van der Waals surface area contributed by atoms with Gasteiger partial charge in [0.2, 0.25) is 0 Å². The zero-order valence-corrected chi connectivity index (χ0v) is 12.7. The van der Waals surface area contributed by atoms with Gasteiger partial charge in [-0.05, 0) is 46.4 Å². The minimum absolute atomic E-state index is 0.351. The number of fused-ring (bicyclic) bond motifs is 1. The van der Waals surface area contributed by atoms with Crippen LogP contribution < -0.4 is 0 Å². The average Bonchev–Trinajstić information content (AvgIpc) is 2.87. The first kappa shape index (κ1) is 13.0. The number of methoxy groups -OCH3 is 1. The smallest absolute Gasteiger partial charge is 0.337 e. The molecule has 0 bridgehead atoms. The van der Waals surface area contributed by atoms with Gasteiger partial charge in [-0.25, -0.2) is 14.3 Å². The normalized spacial score (nSPS) is 10.7. The fourth-order valence-electron chi connectivity index (χ4n) is 1.95. The number of benzene rings is 1. The molecule has 100 valence electrons. The molecule has 0 spiro atoms. The second-order valence-electron chi connectivity index (χ2n) is 4.17. The number of imidazole rings is 1. The second-order valence-corrected chi connectivity index (χ2v) is 5.27. The van der Waals surface area contributed by atoms with Crippen molar-refractivity contribution >= 4 is 34.2 Å². The lowest BCUT2D eigenvalue weighted by atomic mass is 10.1. The van der Waals surface area contributed by atoms with Crippen LogP contribution in [0.25, 0.3) is 16.8 Å². The molecular formula is C14H10IN3O2. The van der Waals surface area contributed by atoms with E-state index in [1.807, 2.05) is 18.2 Å². The van der Waals surface area contributed by atoms with Gasteiger partial charge in [0.1, 0.15) is 3.70 Å². The van der Waals surface area contributed by atoms with Crippen molar-refractivity contribution in [1.82, 2.24) is 14.6 Å². The van der Waals surface area contributed by atoms with E-state index in [4.69, 9.17) is 4.74 Å². The minimum atomic E-state index is -0.351. The number of esters is 1. The summed E-state index contributed by atoms with van der Waals surface area (Å²) in [5.41, 5.74) is 3.10. The summed E-state index contributed by atoms with van der Waals surface area (Å²) in [7, 11) is 1.37. The topological polar surface area (TPSA) is 56.5 Å². The number of ether oxygens (including phenoxy) is 1. The molecule has 0 fully saturated rings. The molecule has 3 rings (SSSR count). The molecule has 6 heteroatoms. The monoisotopic (exact) mass is 379 g/mol. The largest absolute Gasteiger partial charge is 0.465 e. The number of carbonyl (C=O) groups is 1. The zero-order valence-electron chi connectivity index (χ0n) is 10.6. The summed E-state index contributed by atoms with van der Waals surface area (Å²) in [5.74, 6) is -0.351. The highest BCUT2D eigenvalue weighted by molar-refractivity contribution is 14.1. The van der Waals surface area contributed by atoms with Crippen molar-refractivity contribution in [2.45, 2.75) is 0 Å². The highest BCUT2D eigenvalue weighted by Gasteiger charge is 2.08. The summed E-state index contributed by atoms with van der Waals surface area (Å²) < 4.78 is 7.44. The molecule has 2 aromatic heterocycles. The van der Waals surface area contributed by atoms with Crippen molar-refractivity contribution in [2.24, 2.45) is 0 Å². The number of halogens is 1. The van der Waals surface area contributed by atoms with Gasteiger partial charge in [-0.1, -0.05) is 12.1 Å². The van der Waals surface area contributed by atoms with Gasteiger partial charge in [-0.15, -0.1) is 0 Å². The van der Waals surface area contributed by atoms with E-state index in [0.717, 1.165) is 20.5 Å². The Morgan fingerprint density at radius 1 is 1.25 bits per heavy atom. The maximum absolute atomic E-state index is 11.6. The highest BCUT2D eigenvalue weighted by Crippen LogP contribution is 2.21. The van der Waals surface area contributed by atoms with Gasteiger partial charge in [-0.3, -0.25) is 0 Å². The van der Waals surface area contributed by atoms with E-state index in [1.165, 1.54) is 7.11 Å². The van der Waals surface area contributed by atoms with E-state index in [9.17, 15) is 4.79 Å². The molecule has 0 aliphatic rings. The fraction of sp³-hybridized carbons (Fsp3) is 0.0714. The van der Waals surface area contributed by atoms with Crippen LogP contribution in [0, 0.1) is 3.70 Å². The third-order valence-corrected chi connectivity index (χ3v) is 3.67. The van der Waals surface area contributed by atoms with Crippen LogP contribution in [0.5, 0.6) is 0 Å². The van der Waals surface area contributed by atoms with Crippen LogP contribution >= 0.6 is 22.6 Å². The molecule has 0 aliphatic heterocycles. The molecule has 2 heterocycles. The van der Waals surface area contributed by atoms with Crippen LogP contribution in [0.3, 0.4) is 0 Å². The molecule has 0 saturated heterocycles. The molecule has 0 radical (unpaired) electrons. The van der Waals surface area contributed by atoms with E-state index >= 15 is 0 Å². The number of aromatic nitrogens is 3. The Hall–Kier alpha value is -1.96. The number of rotatable bonds is 2. The summed E-state index contributed by atoms with van der Waals surface area (Å²) >= 11 is 2.18. The molecule has 0 saturated carbocycles. The first-order valence-corrected chi connectivity index (χ1v) is 6.95. The Bertz CT molecular complexity index is 798. The van der Waals surface area contributed by atoms with Crippen LogP contribution in [0.15, 0.2) is 42.7 Å². The van der Waals surface area contributed by atoms with E-state index < -0.39 is 0 Å². The maximum atomic E-state index is 11.6. The Labute approximate surface area is 128 Å². The third kappa shape index (κ3) is 2.26. The average molecular weight is 379 g/mol. The van der Waals surface area contributed by atoms with Crippen molar-refractivity contribution in [3.05, 3.63) is 52.0 Å². The van der Waals surface area contributed by atoms with E-state index in [-0.39, 0.29) is 5.97 Å². The van der Waals surface area contributed by atoms with Gasteiger partial charge < -0.3 is 4.74 Å². The standard InChI is InChI=1S/C14H10IN3O2/c1-20-14(19)10-4-2-3-9(5-10)11-6-13-16-8-12(15)18(13)17-7-11/h2-8H,1H3. The number of carbonyl (C=O) groups excluding carboxylic acids is 1. The fourth-order valence-corrected chi connectivity index (χ4v) is 2.46. The van der Waals surface area contributed by atoms with Gasteiger partial charge in [0.15, 0.2) is 5.65 Å². The third-order valence-electron chi connectivity index (χ3n) is 2.94. The molecule has 0 atom stereocenters. The van der Waals surface area contributed by atoms with Crippen LogP contribution in [0.4, 0.5) is 0 Å². The van der Waals surface area contributed by atoms with Crippen LogP contribution in [-0.4, -0.2) is 27.7 Å². The van der Waals surface area contributed by atoms with Gasteiger partial charge in [0.25, 0.3) is 0 Å². The molecule has 0 N–H and O–H groups in total. The Morgan fingerprint density at radius 3 is 2.90 bits per heavy atom. The molecule has 0 amide bonds. The molecule has 20 heavy (non-hydrogen) atoms. The Morgan fingerprint density at radius 2 is 2.10 bits per heavy atom. The summed E-state index contributed by atoms with van der Waals surface area (Å²) in [5, 5.41) is 4.34. The SMILES string of the molecule is COC(=O)c1cccc(-c2cnn3c(I)cnc3c2)c1. The quantitative estimate of drug-likeness (QED) is 0.508. The molecule has 3 aromatic rings. The van der Waals surface area contributed by atoms with Crippen LogP contribution in [0.2, 0.25) is 0 Å². The maximum Gasteiger partial charge on any atom is 0.337 e. The Kier molecular flexibility index (Phi) is 3.39. The summed E-state index contributed by atoms with van der Waals surface area (Å²) in [6.45, 7) is 0. The van der Waals surface area contributed by atoms with E-state index in [2.05, 4.69) is 32.7 Å². The summed E-state index contributed by atoms with van der Waals surface area (Å²) in [6.07, 6.45) is 3.52. The van der Waals surface area contributed by atoms with Crippen LogP contribution in [0.1, 0.15) is 10.4 Å². The van der Waals surface area contributed by atoms with Gasteiger partial charge in [-0.2, -0.15) is 5.10 Å². The highest BCUT2D eigenvalue weighted by atomic mass is 127. The summed E-state index contributed by atoms with van der Waals surface area (Å²) in [6, 6.07) is 9.19. The summed E-state index contributed by atoms with van der Waals surface area (Å²) in [4.78, 5) is 15.8. The first-order chi connectivity index (χ1) is 9.69. The van der Waals surface area contributed by atoms with Crippen molar-refractivity contribution < 1.29 is 9.53 Å². The minimum Gasteiger partial charge on any atom is -0.465 e. The van der Waals surface area contributed by atoms with Gasteiger partial charge in [0, 0.05) is 5.56 Å². The Balaban J connectivity index is 2.08. The van der Waals surface area contributed by atoms with Crippen molar-refractivity contribution in [2.75, 3.05) is 7.11 Å². The van der Waals surface area contributed by atoms with Crippen molar-refractivity contribution in [3.63, 3.8) is 0 Å². The number of nitrogens with zero attached hydrogens (tertiary/aromatic N) is 3. The lowest BCUT2D eigenvalue weighted by Crippen LogP contribution is -2.01. The van der Waals surface area contributed by atoms with Crippen LogP contribution in [-0.2, 0) is 4.74 Å². The molecular weight excluding hydrogens is 369 g/mol. The van der Waals surface area contributed by atoms with Crippen molar-refractivity contribution in [3.8, 4) is 11.1 Å². The zero-order chi connectivity index (χ0) is 14.1. The van der Waals surface area contributed by atoms with E-state index in [0.29, 0.717) is 5.56 Å². The molecule has 0 aliphatic carbocycles. The number of hydrogen-bond acceptors (Lipinski definition) is 4. The predicted molar refractivity (Wildman–Crippen MR) is 82.5 cm³/mol.